The molecule has 162 valence electrons. The fraction of sp³-hybridized carbons (Fsp3) is 0.455. The Morgan fingerprint density at radius 3 is 2.27 bits per heavy atom. The number of halogens is 2. The highest BCUT2D eigenvalue weighted by Gasteiger charge is 2.42. The summed E-state index contributed by atoms with van der Waals surface area (Å²) in [5.41, 5.74) is 0.139. The van der Waals surface area contributed by atoms with Crippen LogP contribution in [-0.2, 0) is 9.31 Å². The van der Waals surface area contributed by atoms with Gasteiger partial charge in [0.05, 0.1) is 12.2 Å². The Morgan fingerprint density at radius 2 is 1.70 bits per heavy atom. The van der Waals surface area contributed by atoms with E-state index in [1.807, 2.05) is 19.9 Å². The van der Waals surface area contributed by atoms with Gasteiger partial charge in [0.25, 0.3) is 0 Å². The van der Waals surface area contributed by atoms with E-state index < -0.39 is 32.7 Å². The smallest absolute Gasteiger partial charge is 0.498 e. The maximum atomic E-state index is 14.2. The highest BCUT2D eigenvalue weighted by molar-refractivity contribution is 6.74. The lowest BCUT2D eigenvalue weighted by atomic mass is 9.78. The average molecular weight is 434 g/mol. The normalized spacial score (nSPS) is 16.6. The molecule has 2 aromatic carbocycles. The van der Waals surface area contributed by atoms with Crippen molar-refractivity contribution in [2.24, 2.45) is 0 Å². The lowest BCUT2D eigenvalue weighted by Crippen LogP contribution is -2.44. The molecule has 0 bridgehead atoms. The number of rotatable bonds is 5. The zero-order valence-electron chi connectivity index (χ0n) is 18.6. The number of benzene rings is 2. The van der Waals surface area contributed by atoms with E-state index in [-0.39, 0.29) is 10.8 Å². The van der Waals surface area contributed by atoms with Crippen molar-refractivity contribution in [3.63, 3.8) is 0 Å². The minimum absolute atomic E-state index is 0.0297. The molecule has 0 amide bonds. The van der Waals surface area contributed by atoms with Crippen LogP contribution in [0.1, 0.15) is 34.6 Å². The van der Waals surface area contributed by atoms with Crippen LogP contribution in [0.2, 0.25) is 18.1 Å². The third-order valence-electron chi connectivity index (χ3n) is 5.54. The van der Waals surface area contributed by atoms with E-state index in [1.165, 1.54) is 6.07 Å². The van der Waals surface area contributed by atoms with Gasteiger partial charge in [-0.05, 0) is 62.3 Å². The van der Waals surface area contributed by atoms with Crippen molar-refractivity contribution in [2.75, 3.05) is 6.61 Å². The van der Waals surface area contributed by atoms with Gasteiger partial charge in [0.15, 0.2) is 11.6 Å². The average Bonchev–Trinajstić information content (AvgIpc) is 2.97. The third kappa shape index (κ3) is 5.04. The molecule has 1 saturated heterocycles. The Kier molecular flexibility index (Phi) is 6.06. The lowest BCUT2D eigenvalue weighted by molar-refractivity contribution is 0.137. The summed E-state index contributed by atoms with van der Waals surface area (Å²) in [6.07, 6.45) is 0. The third-order valence-corrected chi connectivity index (χ3v) is 9.89. The van der Waals surface area contributed by atoms with Crippen molar-refractivity contribution >= 4 is 20.9 Å². The van der Waals surface area contributed by atoms with Gasteiger partial charge in [0.2, 0.25) is 8.32 Å². The van der Waals surface area contributed by atoms with Crippen molar-refractivity contribution in [2.45, 2.75) is 58.4 Å². The molecular formula is C22H29BF2O4Si. The Morgan fingerprint density at radius 1 is 1.03 bits per heavy atom. The molecule has 0 radical (unpaired) electrons. The van der Waals surface area contributed by atoms with Crippen LogP contribution in [0, 0.1) is 11.6 Å². The van der Waals surface area contributed by atoms with Crippen LogP contribution in [0.4, 0.5) is 8.78 Å². The van der Waals surface area contributed by atoms with E-state index in [1.54, 1.807) is 12.1 Å². The van der Waals surface area contributed by atoms with Crippen molar-refractivity contribution in [3.8, 4) is 17.2 Å². The zero-order chi connectivity index (χ0) is 22.3. The van der Waals surface area contributed by atoms with Crippen LogP contribution in [0.5, 0.6) is 17.2 Å². The van der Waals surface area contributed by atoms with Crippen molar-refractivity contribution in [3.05, 3.63) is 48.0 Å². The highest BCUT2D eigenvalue weighted by atomic mass is 28.4. The summed E-state index contributed by atoms with van der Waals surface area (Å²) in [7, 11) is -2.75. The molecule has 2 aromatic rings. The van der Waals surface area contributed by atoms with E-state index in [2.05, 4.69) is 33.9 Å². The highest BCUT2D eigenvalue weighted by Crippen LogP contribution is 2.38. The van der Waals surface area contributed by atoms with Gasteiger partial charge in [-0.3, -0.25) is 0 Å². The van der Waals surface area contributed by atoms with E-state index in [0.717, 1.165) is 12.1 Å². The van der Waals surface area contributed by atoms with Gasteiger partial charge < -0.3 is 18.5 Å². The van der Waals surface area contributed by atoms with Crippen molar-refractivity contribution in [1.82, 2.24) is 0 Å². The molecule has 1 aliphatic heterocycles. The van der Waals surface area contributed by atoms with E-state index in [9.17, 15) is 8.78 Å². The predicted octanol–water partition coefficient (Wildman–Crippen LogP) is 5.66. The van der Waals surface area contributed by atoms with Crippen LogP contribution < -0.4 is 14.6 Å². The fourth-order valence-corrected chi connectivity index (χ4v) is 3.80. The van der Waals surface area contributed by atoms with Gasteiger partial charge in [-0.15, -0.1) is 0 Å². The standard InChI is InChI=1S/C22H29BF2O4Si/c1-21(2,3)30(6,7)28-16-9-11-19(27-20-10-8-15(24)12-18(20)25)17(13-16)23-26-14-22(4,5)29-23/h8-13H,14H2,1-7H3. The lowest BCUT2D eigenvalue weighted by Gasteiger charge is -2.36. The molecule has 0 atom stereocenters. The van der Waals surface area contributed by atoms with Crippen LogP contribution in [0.3, 0.4) is 0 Å². The number of ether oxygens (including phenoxy) is 1. The minimum atomic E-state index is -2.07. The molecule has 4 nitrogen and oxygen atoms in total. The summed E-state index contributed by atoms with van der Waals surface area (Å²) in [5, 5.41) is 0.0297. The SMILES string of the molecule is CC1(C)COB(c2cc(O[Si](C)(C)C(C)(C)C)ccc2Oc2ccc(F)cc2F)O1. The quantitative estimate of drug-likeness (QED) is 0.569. The van der Waals surface area contributed by atoms with Crippen LogP contribution in [0.15, 0.2) is 36.4 Å². The van der Waals surface area contributed by atoms with Crippen LogP contribution in [-0.4, -0.2) is 27.6 Å². The molecule has 1 fully saturated rings. The second-order valence-corrected chi connectivity index (χ2v) is 14.5. The van der Waals surface area contributed by atoms with Gasteiger partial charge in [-0.25, -0.2) is 8.78 Å². The first-order chi connectivity index (χ1) is 13.8. The van der Waals surface area contributed by atoms with Gasteiger partial charge in [-0.1, -0.05) is 20.8 Å². The number of hydrogen-bond acceptors (Lipinski definition) is 4. The molecule has 0 N–H and O–H groups in total. The van der Waals surface area contributed by atoms with Crippen LogP contribution >= 0.6 is 0 Å². The summed E-state index contributed by atoms with van der Waals surface area (Å²) in [5.74, 6) is -0.474. The van der Waals surface area contributed by atoms with Gasteiger partial charge in [0, 0.05) is 11.5 Å². The van der Waals surface area contributed by atoms with Gasteiger partial charge in [-0.2, -0.15) is 0 Å². The first-order valence-corrected chi connectivity index (χ1v) is 12.9. The molecule has 0 aliphatic carbocycles. The molecule has 0 saturated carbocycles. The topological polar surface area (TPSA) is 36.9 Å². The molecule has 0 unspecified atom stereocenters. The van der Waals surface area contributed by atoms with Crippen LogP contribution in [0.25, 0.3) is 0 Å². The molecule has 1 aliphatic rings. The zero-order valence-corrected chi connectivity index (χ0v) is 19.6. The molecule has 8 heteroatoms. The van der Waals surface area contributed by atoms with E-state index >= 15 is 0 Å². The summed E-state index contributed by atoms with van der Waals surface area (Å²) in [6, 6.07) is 8.52. The first-order valence-electron chi connectivity index (χ1n) is 10.0. The second kappa shape index (κ2) is 7.98. The summed E-state index contributed by atoms with van der Waals surface area (Å²) in [4.78, 5) is 0. The van der Waals surface area contributed by atoms with Gasteiger partial charge >= 0.3 is 7.12 Å². The van der Waals surface area contributed by atoms with E-state index in [0.29, 0.717) is 23.6 Å². The maximum Gasteiger partial charge on any atom is 0.498 e. The van der Waals surface area contributed by atoms with Crippen molar-refractivity contribution < 1.29 is 27.3 Å². The first kappa shape index (κ1) is 22.8. The largest absolute Gasteiger partial charge is 0.544 e. The van der Waals surface area contributed by atoms with Gasteiger partial charge in [0.1, 0.15) is 17.3 Å². The second-order valence-electron chi connectivity index (χ2n) is 9.76. The molecule has 0 spiro atoms. The Bertz CT molecular complexity index is 928. The predicted molar refractivity (Wildman–Crippen MR) is 117 cm³/mol. The summed E-state index contributed by atoms with van der Waals surface area (Å²) >= 11 is 0. The molecular weight excluding hydrogens is 405 g/mol. The molecule has 30 heavy (non-hydrogen) atoms. The Labute approximate surface area is 178 Å². The fourth-order valence-electron chi connectivity index (χ4n) is 2.78. The molecule has 3 rings (SSSR count). The van der Waals surface area contributed by atoms with Crippen molar-refractivity contribution in [1.29, 1.82) is 0 Å². The number of hydrogen-bond donors (Lipinski definition) is 0. The summed E-state index contributed by atoms with van der Waals surface area (Å²) < 4.78 is 51.5. The van der Waals surface area contributed by atoms with E-state index in [4.69, 9.17) is 18.5 Å². The maximum absolute atomic E-state index is 14.2. The minimum Gasteiger partial charge on any atom is -0.544 e. The molecule has 0 aromatic heterocycles. The Hall–Kier alpha value is -1.90. The molecule has 1 heterocycles. The Balaban J connectivity index is 1.97. The monoisotopic (exact) mass is 434 g/mol. The summed E-state index contributed by atoms with van der Waals surface area (Å²) in [6.45, 7) is 15.1.